The van der Waals surface area contributed by atoms with Crippen LogP contribution in [0.25, 0.3) is 0 Å². The number of hydrogen-bond acceptors (Lipinski definition) is 5. The molecule has 0 aromatic heterocycles. The molecule has 0 bridgehead atoms. The number of benzene rings is 2. The van der Waals surface area contributed by atoms with Crippen LogP contribution in [0.2, 0.25) is 0 Å². The van der Waals surface area contributed by atoms with Gasteiger partial charge in [0.15, 0.2) is 11.5 Å². The van der Waals surface area contributed by atoms with Crippen molar-refractivity contribution in [1.29, 1.82) is 0 Å². The normalized spacial score (nSPS) is 18.7. The van der Waals surface area contributed by atoms with Crippen molar-refractivity contribution in [3.63, 3.8) is 0 Å². The Bertz CT molecular complexity index is 1100. The number of nitrogens with one attached hydrogen (secondary N) is 1. The van der Waals surface area contributed by atoms with Gasteiger partial charge in [-0.2, -0.15) is 0 Å². The number of methoxy groups -OCH3 is 1. The highest BCUT2D eigenvalue weighted by atomic mass is 16.5. The summed E-state index contributed by atoms with van der Waals surface area (Å²) in [5, 5.41) is 2.73. The van der Waals surface area contributed by atoms with Gasteiger partial charge in [-0.3, -0.25) is 19.3 Å². The minimum atomic E-state index is -0.884. The summed E-state index contributed by atoms with van der Waals surface area (Å²) < 4.78 is 11.5. The molecule has 1 aliphatic heterocycles. The molecule has 1 saturated heterocycles. The van der Waals surface area contributed by atoms with E-state index in [1.807, 2.05) is 24.3 Å². The second kappa shape index (κ2) is 10.1. The summed E-state index contributed by atoms with van der Waals surface area (Å²) in [5.74, 6) is -0.0312. The van der Waals surface area contributed by atoms with E-state index < -0.39 is 11.9 Å². The van der Waals surface area contributed by atoms with Crippen molar-refractivity contribution in [3.05, 3.63) is 59.2 Å². The zero-order chi connectivity index (χ0) is 25.2. The Morgan fingerprint density at radius 3 is 2.34 bits per heavy atom. The molecule has 2 aromatic rings. The van der Waals surface area contributed by atoms with Crippen molar-refractivity contribution in [2.45, 2.75) is 77.0 Å². The van der Waals surface area contributed by atoms with Crippen LogP contribution >= 0.6 is 0 Å². The number of rotatable bonds is 7. The average molecular weight is 479 g/mol. The molecule has 0 radical (unpaired) electrons. The second-order valence-corrected chi connectivity index (χ2v) is 10.4. The molecule has 2 aliphatic rings. The summed E-state index contributed by atoms with van der Waals surface area (Å²) in [5.41, 5.74) is 2.43. The minimum absolute atomic E-state index is 0.0245. The van der Waals surface area contributed by atoms with E-state index in [4.69, 9.17) is 9.47 Å². The lowest BCUT2D eigenvalue weighted by Crippen LogP contribution is -2.41. The first-order valence-corrected chi connectivity index (χ1v) is 12.2. The molecular formula is C28H34N2O5. The molecule has 2 aromatic carbocycles. The van der Waals surface area contributed by atoms with Crippen molar-refractivity contribution in [1.82, 2.24) is 10.2 Å². The topological polar surface area (TPSA) is 84.9 Å². The lowest BCUT2D eigenvalue weighted by molar-refractivity contribution is -0.139. The summed E-state index contributed by atoms with van der Waals surface area (Å²) in [6, 6.07) is 12.0. The molecule has 7 nitrogen and oxygen atoms in total. The van der Waals surface area contributed by atoms with E-state index in [0.29, 0.717) is 17.1 Å². The predicted octanol–water partition coefficient (Wildman–Crippen LogP) is 4.37. The van der Waals surface area contributed by atoms with Gasteiger partial charge in [-0.15, -0.1) is 0 Å². The molecule has 1 saturated carbocycles. The molecule has 186 valence electrons. The van der Waals surface area contributed by atoms with Gasteiger partial charge in [0.1, 0.15) is 6.04 Å². The van der Waals surface area contributed by atoms with E-state index in [2.05, 4.69) is 26.1 Å². The molecule has 1 N–H and O–H groups in total. The van der Waals surface area contributed by atoms with Crippen LogP contribution in [0.3, 0.4) is 0 Å². The van der Waals surface area contributed by atoms with E-state index in [-0.39, 0.29) is 36.3 Å². The summed E-state index contributed by atoms with van der Waals surface area (Å²) in [7, 11) is 1.56. The van der Waals surface area contributed by atoms with Crippen LogP contribution in [0.1, 0.15) is 74.4 Å². The first-order valence-electron chi connectivity index (χ1n) is 12.2. The summed E-state index contributed by atoms with van der Waals surface area (Å²) in [6.07, 6.45) is 4.28. The van der Waals surface area contributed by atoms with Gasteiger partial charge in [-0.25, -0.2) is 0 Å². The number of imide groups is 1. The Hall–Kier alpha value is -3.35. The number of nitrogens with zero attached hydrogens (tertiary/aromatic N) is 1. The van der Waals surface area contributed by atoms with Crippen LogP contribution in [-0.4, -0.2) is 41.9 Å². The Balaban J connectivity index is 1.41. The third-order valence-corrected chi connectivity index (χ3v) is 6.73. The molecule has 0 spiro atoms. The third-order valence-electron chi connectivity index (χ3n) is 6.73. The number of amides is 3. The Morgan fingerprint density at radius 1 is 1.03 bits per heavy atom. The van der Waals surface area contributed by atoms with E-state index in [9.17, 15) is 14.4 Å². The van der Waals surface area contributed by atoms with E-state index in [1.54, 1.807) is 25.3 Å². The van der Waals surface area contributed by atoms with Crippen LogP contribution in [0, 0.1) is 0 Å². The number of hydrogen-bond donors (Lipinski definition) is 1. The van der Waals surface area contributed by atoms with Crippen molar-refractivity contribution in [2.75, 3.05) is 7.11 Å². The van der Waals surface area contributed by atoms with Gasteiger partial charge in [0, 0.05) is 5.56 Å². The first-order chi connectivity index (χ1) is 16.7. The molecular weight excluding hydrogens is 444 g/mol. The maximum atomic E-state index is 13.0. The van der Waals surface area contributed by atoms with E-state index in [1.165, 1.54) is 10.5 Å². The van der Waals surface area contributed by atoms with Gasteiger partial charge < -0.3 is 14.8 Å². The van der Waals surface area contributed by atoms with Gasteiger partial charge in [0.25, 0.3) is 11.8 Å². The van der Waals surface area contributed by atoms with Crippen LogP contribution in [0.5, 0.6) is 11.5 Å². The van der Waals surface area contributed by atoms with Gasteiger partial charge in [0.05, 0.1) is 26.2 Å². The van der Waals surface area contributed by atoms with Crippen molar-refractivity contribution < 1.29 is 23.9 Å². The smallest absolute Gasteiger partial charge is 0.252 e. The minimum Gasteiger partial charge on any atom is -0.493 e. The van der Waals surface area contributed by atoms with Gasteiger partial charge in [0.2, 0.25) is 5.91 Å². The quantitative estimate of drug-likeness (QED) is 0.598. The van der Waals surface area contributed by atoms with Gasteiger partial charge in [-0.05, 0) is 60.4 Å². The van der Waals surface area contributed by atoms with E-state index >= 15 is 0 Å². The monoisotopic (exact) mass is 478 g/mol. The fraction of sp³-hybridized carbons (Fsp3) is 0.464. The number of likely N-dealkylation sites (tertiary alicyclic amines) is 1. The van der Waals surface area contributed by atoms with Crippen LogP contribution in [0.4, 0.5) is 0 Å². The first kappa shape index (κ1) is 24.8. The maximum absolute atomic E-state index is 13.0. The van der Waals surface area contributed by atoms with Gasteiger partial charge in [-0.1, -0.05) is 45.0 Å². The second-order valence-electron chi connectivity index (χ2n) is 10.4. The Labute approximate surface area is 206 Å². The summed E-state index contributed by atoms with van der Waals surface area (Å²) >= 11 is 0. The largest absolute Gasteiger partial charge is 0.493 e. The lowest BCUT2D eigenvalue weighted by atomic mass is 9.87. The zero-order valence-electron chi connectivity index (χ0n) is 20.9. The molecule has 35 heavy (non-hydrogen) atoms. The lowest BCUT2D eigenvalue weighted by Gasteiger charge is -2.20. The highest BCUT2D eigenvalue weighted by molar-refractivity contribution is 6.08. The van der Waals surface area contributed by atoms with Crippen LogP contribution in [-0.2, 0) is 21.5 Å². The SMILES string of the molecule is COc1ccc(C(=O)NC2CC(=O)N(Cc3ccc(C(C)(C)C)cc3)C2=O)cc1OC1CCCC1. The average Bonchev–Trinajstić information content (AvgIpc) is 3.42. The molecule has 1 atom stereocenters. The third kappa shape index (κ3) is 5.66. The Morgan fingerprint density at radius 2 is 1.71 bits per heavy atom. The van der Waals surface area contributed by atoms with Crippen molar-refractivity contribution in [3.8, 4) is 11.5 Å². The molecule has 1 aliphatic carbocycles. The summed E-state index contributed by atoms with van der Waals surface area (Å²) in [4.78, 5) is 39.7. The van der Waals surface area contributed by atoms with Gasteiger partial charge >= 0.3 is 0 Å². The standard InChI is InChI=1S/C28H34N2O5/c1-28(2,3)20-12-9-18(10-13-20)17-30-25(31)16-22(27(30)33)29-26(32)19-11-14-23(34-4)24(15-19)35-21-7-5-6-8-21/h9-15,21-22H,5-8,16-17H2,1-4H3,(H,29,32). The molecule has 1 unspecified atom stereocenters. The fourth-order valence-corrected chi connectivity index (χ4v) is 4.59. The van der Waals surface area contributed by atoms with E-state index in [0.717, 1.165) is 31.2 Å². The summed E-state index contributed by atoms with van der Waals surface area (Å²) in [6.45, 7) is 6.59. The molecule has 4 rings (SSSR count). The van der Waals surface area contributed by atoms with Crippen LogP contribution < -0.4 is 14.8 Å². The molecule has 1 heterocycles. The number of carbonyl (C=O) groups is 3. The van der Waals surface area contributed by atoms with Crippen molar-refractivity contribution >= 4 is 17.7 Å². The molecule has 7 heteroatoms. The highest BCUT2D eigenvalue weighted by Crippen LogP contribution is 2.32. The molecule has 2 fully saturated rings. The zero-order valence-corrected chi connectivity index (χ0v) is 20.9. The predicted molar refractivity (Wildman–Crippen MR) is 132 cm³/mol. The molecule has 3 amide bonds. The fourth-order valence-electron chi connectivity index (χ4n) is 4.59. The highest BCUT2D eigenvalue weighted by Gasteiger charge is 2.39. The van der Waals surface area contributed by atoms with Crippen molar-refractivity contribution in [2.24, 2.45) is 0 Å². The maximum Gasteiger partial charge on any atom is 0.252 e. The van der Waals surface area contributed by atoms with Crippen LogP contribution in [0.15, 0.2) is 42.5 Å². The Kier molecular flexibility index (Phi) is 7.15. The number of carbonyl (C=O) groups excluding carboxylic acids is 3. The number of ether oxygens (including phenoxy) is 2.